The van der Waals surface area contributed by atoms with Crippen LogP contribution >= 0.6 is 31.9 Å². The van der Waals surface area contributed by atoms with Gasteiger partial charge in [0.15, 0.2) is 0 Å². The molecule has 0 unspecified atom stereocenters. The molecular formula is C13H10Br2N2O3. The van der Waals surface area contributed by atoms with E-state index in [1.807, 2.05) is 19.1 Å². The summed E-state index contributed by atoms with van der Waals surface area (Å²) >= 11 is 6.87. The van der Waals surface area contributed by atoms with Gasteiger partial charge in [0.1, 0.15) is 0 Å². The first-order valence-electron chi connectivity index (χ1n) is 5.61. The van der Waals surface area contributed by atoms with E-state index in [2.05, 4.69) is 37.0 Å². The maximum Gasteiger partial charge on any atom is 0.360 e. The molecule has 20 heavy (non-hydrogen) atoms. The zero-order chi connectivity index (χ0) is 15.0. The SMILES string of the molecule is Cc1cc(Br)c(-n2nc(C(=O)O)c(=O)cc2C)c(Br)c1. The quantitative estimate of drug-likeness (QED) is 0.839. The topological polar surface area (TPSA) is 72.2 Å². The molecule has 2 aromatic rings. The summed E-state index contributed by atoms with van der Waals surface area (Å²) in [5.74, 6) is -1.34. The van der Waals surface area contributed by atoms with Crippen molar-refractivity contribution in [3.63, 3.8) is 0 Å². The summed E-state index contributed by atoms with van der Waals surface area (Å²) in [6.07, 6.45) is 0. The highest BCUT2D eigenvalue weighted by molar-refractivity contribution is 9.11. The number of aromatic nitrogens is 2. The number of hydrogen-bond donors (Lipinski definition) is 1. The predicted molar refractivity (Wildman–Crippen MR) is 81.7 cm³/mol. The highest BCUT2D eigenvalue weighted by atomic mass is 79.9. The van der Waals surface area contributed by atoms with Gasteiger partial charge in [0, 0.05) is 20.7 Å². The van der Waals surface area contributed by atoms with Gasteiger partial charge in [-0.05, 0) is 63.4 Å². The molecule has 0 saturated heterocycles. The van der Waals surface area contributed by atoms with Crippen LogP contribution in [0.5, 0.6) is 0 Å². The van der Waals surface area contributed by atoms with Crippen LogP contribution < -0.4 is 5.43 Å². The second kappa shape index (κ2) is 5.49. The summed E-state index contributed by atoms with van der Waals surface area (Å²) in [5.41, 5.74) is 1.12. The number of aromatic carboxylic acids is 1. The summed E-state index contributed by atoms with van der Waals surface area (Å²) in [5, 5.41) is 12.9. The fourth-order valence-electron chi connectivity index (χ4n) is 1.82. The molecule has 0 saturated carbocycles. The third-order valence-corrected chi connectivity index (χ3v) is 3.89. The number of carboxylic acid groups (broad SMARTS) is 1. The van der Waals surface area contributed by atoms with E-state index in [1.54, 1.807) is 6.92 Å². The molecule has 0 aliphatic heterocycles. The van der Waals surface area contributed by atoms with E-state index in [0.29, 0.717) is 11.4 Å². The average molecular weight is 402 g/mol. The minimum absolute atomic E-state index is 0.505. The van der Waals surface area contributed by atoms with Gasteiger partial charge in [-0.25, -0.2) is 9.48 Å². The van der Waals surface area contributed by atoms with Crippen LogP contribution in [-0.4, -0.2) is 20.9 Å². The molecule has 2 rings (SSSR count). The lowest BCUT2D eigenvalue weighted by Gasteiger charge is -2.14. The first-order chi connectivity index (χ1) is 9.31. The van der Waals surface area contributed by atoms with E-state index >= 15 is 0 Å². The van der Waals surface area contributed by atoms with Crippen molar-refractivity contribution in [3.05, 3.63) is 54.3 Å². The van der Waals surface area contributed by atoms with Crippen molar-refractivity contribution in [2.45, 2.75) is 13.8 Å². The van der Waals surface area contributed by atoms with Gasteiger partial charge in [-0.3, -0.25) is 4.79 Å². The molecule has 0 amide bonds. The Morgan fingerprint density at radius 3 is 2.25 bits per heavy atom. The van der Waals surface area contributed by atoms with Crippen LogP contribution in [0.3, 0.4) is 0 Å². The van der Waals surface area contributed by atoms with Crippen LogP contribution in [0, 0.1) is 13.8 Å². The minimum Gasteiger partial charge on any atom is -0.476 e. The Morgan fingerprint density at radius 2 is 1.75 bits per heavy atom. The zero-order valence-electron chi connectivity index (χ0n) is 10.6. The molecule has 1 aromatic heterocycles. The highest BCUT2D eigenvalue weighted by Crippen LogP contribution is 2.30. The van der Waals surface area contributed by atoms with Crippen molar-refractivity contribution in [2.24, 2.45) is 0 Å². The van der Waals surface area contributed by atoms with Crippen LogP contribution in [0.2, 0.25) is 0 Å². The lowest BCUT2D eigenvalue weighted by Crippen LogP contribution is -2.22. The lowest BCUT2D eigenvalue weighted by atomic mass is 10.2. The first kappa shape index (κ1) is 14.9. The van der Waals surface area contributed by atoms with Crippen molar-refractivity contribution < 1.29 is 9.90 Å². The van der Waals surface area contributed by atoms with E-state index in [0.717, 1.165) is 14.5 Å². The van der Waals surface area contributed by atoms with E-state index in [4.69, 9.17) is 5.11 Å². The predicted octanol–water partition coefficient (Wildman–Crippen LogP) is 3.07. The molecule has 7 heteroatoms. The van der Waals surface area contributed by atoms with E-state index in [9.17, 15) is 9.59 Å². The van der Waals surface area contributed by atoms with Crippen LogP contribution in [0.15, 0.2) is 31.9 Å². The van der Waals surface area contributed by atoms with E-state index in [-0.39, 0.29) is 0 Å². The Labute approximate surface area is 131 Å². The van der Waals surface area contributed by atoms with Crippen molar-refractivity contribution in [1.82, 2.24) is 9.78 Å². The molecule has 0 spiro atoms. The Balaban J connectivity index is 2.80. The van der Waals surface area contributed by atoms with Crippen LogP contribution in [0.1, 0.15) is 21.7 Å². The third-order valence-electron chi connectivity index (χ3n) is 2.68. The molecular weight excluding hydrogens is 392 g/mol. The molecule has 104 valence electrons. The maximum atomic E-state index is 11.6. The van der Waals surface area contributed by atoms with Crippen LogP contribution in [0.25, 0.3) is 5.69 Å². The summed E-state index contributed by atoms with van der Waals surface area (Å²) in [7, 11) is 0. The number of halogens is 2. The van der Waals surface area contributed by atoms with Crippen molar-refractivity contribution in [1.29, 1.82) is 0 Å². The molecule has 0 radical (unpaired) electrons. The largest absolute Gasteiger partial charge is 0.476 e. The molecule has 0 bridgehead atoms. The number of benzene rings is 1. The monoisotopic (exact) mass is 400 g/mol. The summed E-state index contributed by atoms with van der Waals surface area (Å²) in [6.45, 7) is 3.63. The fraction of sp³-hybridized carbons (Fsp3) is 0.154. The van der Waals surface area contributed by atoms with Gasteiger partial charge < -0.3 is 5.11 Å². The molecule has 0 fully saturated rings. The molecule has 0 aliphatic rings. The Bertz CT molecular complexity index is 746. The van der Waals surface area contributed by atoms with Gasteiger partial charge in [-0.15, -0.1) is 0 Å². The Hall–Kier alpha value is -1.47. The third kappa shape index (κ3) is 2.69. The van der Waals surface area contributed by atoms with Crippen LogP contribution in [0.4, 0.5) is 0 Å². The molecule has 0 aliphatic carbocycles. The molecule has 1 N–H and O–H groups in total. The van der Waals surface area contributed by atoms with Crippen molar-refractivity contribution >= 4 is 37.8 Å². The van der Waals surface area contributed by atoms with Gasteiger partial charge in [0.25, 0.3) is 0 Å². The minimum atomic E-state index is -1.34. The second-order valence-electron chi connectivity index (χ2n) is 4.29. The van der Waals surface area contributed by atoms with Crippen molar-refractivity contribution in [2.75, 3.05) is 0 Å². The molecule has 1 heterocycles. The standard InChI is InChI=1S/C13H10Br2N2O3/c1-6-3-8(14)12(9(15)4-6)17-7(2)5-10(18)11(16-17)13(19)20/h3-5H,1-2H3,(H,19,20). The van der Waals surface area contributed by atoms with Crippen molar-refractivity contribution in [3.8, 4) is 5.69 Å². The van der Waals surface area contributed by atoms with E-state index < -0.39 is 17.1 Å². The normalized spacial score (nSPS) is 10.6. The van der Waals surface area contributed by atoms with Gasteiger partial charge in [-0.1, -0.05) is 0 Å². The Morgan fingerprint density at radius 1 is 1.20 bits per heavy atom. The number of hydrogen-bond acceptors (Lipinski definition) is 3. The highest BCUT2D eigenvalue weighted by Gasteiger charge is 2.17. The Kier molecular flexibility index (Phi) is 4.10. The number of carboxylic acids is 1. The number of nitrogens with zero attached hydrogens (tertiary/aromatic N) is 2. The van der Waals surface area contributed by atoms with Crippen LogP contribution in [-0.2, 0) is 0 Å². The average Bonchev–Trinajstić information content (AvgIpc) is 2.29. The van der Waals surface area contributed by atoms with Gasteiger partial charge in [0.05, 0.1) is 5.69 Å². The molecule has 0 atom stereocenters. The summed E-state index contributed by atoms with van der Waals surface area (Å²) in [6, 6.07) is 5.04. The van der Waals surface area contributed by atoms with Gasteiger partial charge in [-0.2, -0.15) is 5.10 Å². The maximum absolute atomic E-state index is 11.6. The second-order valence-corrected chi connectivity index (χ2v) is 6.00. The summed E-state index contributed by atoms with van der Waals surface area (Å²) < 4.78 is 2.93. The van der Waals surface area contributed by atoms with E-state index in [1.165, 1.54) is 10.7 Å². The lowest BCUT2D eigenvalue weighted by molar-refractivity contribution is 0.0686. The molecule has 5 nitrogen and oxygen atoms in total. The zero-order valence-corrected chi connectivity index (χ0v) is 13.8. The molecule has 1 aromatic carbocycles. The van der Waals surface area contributed by atoms with Gasteiger partial charge in [0.2, 0.25) is 11.1 Å². The van der Waals surface area contributed by atoms with Gasteiger partial charge >= 0.3 is 5.97 Å². The number of aryl methyl sites for hydroxylation is 2. The summed E-state index contributed by atoms with van der Waals surface area (Å²) in [4.78, 5) is 22.7. The number of carbonyl (C=O) groups is 1. The fourth-order valence-corrected chi connectivity index (χ4v) is 3.57. The smallest absolute Gasteiger partial charge is 0.360 e. The first-order valence-corrected chi connectivity index (χ1v) is 7.20. The number of rotatable bonds is 2.